The first-order valence-corrected chi connectivity index (χ1v) is 5.78. The van der Waals surface area contributed by atoms with Gasteiger partial charge in [-0.15, -0.1) is 19.3 Å². The lowest BCUT2D eigenvalue weighted by Crippen LogP contribution is -2.44. The molecule has 0 radical (unpaired) electrons. The minimum Gasteiger partial charge on any atom is -0.124 e. The largest absolute Gasteiger partial charge is 0.320 e. The Morgan fingerprint density at radius 1 is 0.846 bits per heavy atom. The summed E-state index contributed by atoms with van der Waals surface area (Å²) >= 11 is 0. The van der Waals surface area contributed by atoms with E-state index in [1.54, 1.807) is 0 Å². The molecule has 0 atom stereocenters. The van der Waals surface area contributed by atoms with Crippen molar-refractivity contribution in [2.45, 2.75) is 0 Å². The highest BCUT2D eigenvalue weighted by atomic mass is 28.3. The molecule has 0 N–H and O–H groups in total. The summed E-state index contributed by atoms with van der Waals surface area (Å²) in [5.74, 6) is 0. The molecule has 0 heterocycles. The van der Waals surface area contributed by atoms with Gasteiger partial charge in [-0.1, -0.05) is 47.0 Å². The van der Waals surface area contributed by atoms with Crippen LogP contribution in [0.1, 0.15) is 0 Å². The molecule has 0 amide bonds. The van der Waals surface area contributed by atoms with Gasteiger partial charge in [0.1, 0.15) is 0 Å². The van der Waals surface area contributed by atoms with Crippen LogP contribution in [0.3, 0.4) is 0 Å². The first-order chi connectivity index (χ1) is 6.29. The Hall–Kier alpha value is -1.88. The molecule has 0 aliphatic heterocycles. The van der Waals surface area contributed by atoms with Crippen LogP contribution < -0.4 is 5.19 Å². The second kappa shape index (κ2) is 3.68. The van der Waals surface area contributed by atoms with Gasteiger partial charge in [-0.05, 0) is 5.19 Å². The topological polar surface area (TPSA) is 0 Å². The van der Waals surface area contributed by atoms with Gasteiger partial charge in [0, 0.05) is 0 Å². The molecule has 1 heteroatoms. The second-order valence-corrected chi connectivity index (χ2v) is 5.49. The van der Waals surface area contributed by atoms with Crippen LogP contribution in [0.4, 0.5) is 0 Å². The molecule has 60 valence electrons. The lowest BCUT2D eigenvalue weighted by Gasteiger charge is -2.11. The summed E-state index contributed by atoms with van der Waals surface area (Å²) in [4.78, 5) is 0. The van der Waals surface area contributed by atoms with Gasteiger partial charge in [0.15, 0.2) is 0 Å². The molecule has 0 saturated carbocycles. The van der Waals surface area contributed by atoms with Crippen LogP contribution in [-0.4, -0.2) is 8.07 Å². The quantitative estimate of drug-likeness (QED) is 0.444. The Balaban J connectivity index is 3.31. The monoisotopic (exact) mass is 180 g/mol. The fourth-order valence-corrected chi connectivity index (χ4v) is 2.51. The standard InChI is InChI=1S/C12H8Si/c1-4-13(5-2,6-3)12-10-8-7-9-11-12/h1-3,7-11H. The molecule has 0 aliphatic carbocycles. The van der Waals surface area contributed by atoms with Crippen molar-refractivity contribution in [3.05, 3.63) is 30.3 Å². The molecule has 13 heavy (non-hydrogen) atoms. The van der Waals surface area contributed by atoms with Crippen LogP contribution in [-0.2, 0) is 0 Å². The molecule has 1 aromatic rings. The molecule has 0 spiro atoms. The smallest absolute Gasteiger partial charge is 0.124 e. The van der Waals surface area contributed by atoms with E-state index in [0.29, 0.717) is 0 Å². The Labute approximate surface area is 80.0 Å². The van der Waals surface area contributed by atoms with Crippen molar-refractivity contribution in [3.8, 4) is 35.9 Å². The molecular weight excluding hydrogens is 172 g/mol. The van der Waals surface area contributed by atoms with Gasteiger partial charge < -0.3 is 0 Å². The molecule has 0 fully saturated rings. The zero-order valence-electron chi connectivity index (χ0n) is 7.12. The lowest BCUT2D eigenvalue weighted by atomic mass is 10.4. The van der Waals surface area contributed by atoms with Gasteiger partial charge in [0.2, 0.25) is 0 Å². The minimum absolute atomic E-state index is 0.933. The zero-order valence-corrected chi connectivity index (χ0v) is 8.12. The lowest BCUT2D eigenvalue weighted by molar-refractivity contribution is 1.76. The van der Waals surface area contributed by atoms with Crippen molar-refractivity contribution in [2.24, 2.45) is 0 Å². The summed E-state index contributed by atoms with van der Waals surface area (Å²) in [5.41, 5.74) is 7.79. The number of rotatable bonds is 1. The van der Waals surface area contributed by atoms with Crippen LogP contribution in [0.25, 0.3) is 0 Å². The van der Waals surface area contributed by atoms with Crippen LogP contribution in [0.5, 0.6) is 0 Å². The summed E-state index contributed by atoms with van der Waals surface area (Å²) < 4.78 is 0. The molecule has 0 saturated heterocycles. The maximum Gasteiger partial charge on any atom is 0.320 e. The first-order valence-electron chi connectivity index (χ1n) is 3.78. The van der Waals surface area contributed by atoms with E-state index in [-0.39, 0.29) is 0 Å². The molecule has 0 unspecified atom stereocenters. The summed E-state index contributed by atoms with van der Waals surface area (Å²) in [6, 6.07) is 9.48. The predicted octanol–water partition coefficient (Wildman–Crippen LogP) is 0.860. The molecule has 0 aliphatic rings. The summed E-state index contributed by atoms with van der Waals surface area (Å²) in [6.45, 7) is 0. The fourth-order valence-electron chi connectivity index (χ4n) is 1.06. The van der Waals surface area contributed by atoms with Gasteiger partial charge in [-0.3, -0.25) is 0 Å². The van der Waals surface area contributed by atoms with E-state index in [4.69, 9.17) is 19.3 Å². The Morgan fingerprint density at radius 3 is 1.69 bits per heavy atom. The number of benzene rings is 1. The fraction of sp³-hybridized carbons (Fsp3) is 0. The van der Waals surface area contributed by atoms with Crippen molar-refractivity contribution in [1.82, 2.24) is 0 Å². The third kappa shape index (κ3) is 1.49. The predicted molar refractivity (Wildman–Crippen MR) is 58.3 cm³/mol. The van der Waals surface area contributed by atoms with Crippen molar-refractivity contribution in [3.63, 3.8) is 0 Å². The minimum atomic E-state index is -2.51. The number of terminal acetylenes is 3. The molecular formula is C12H8Si. The van der Waals surface area contributed by atoms with Crippen LogP contribution in [0, 0.1) is 35.9 Å². The van der Waals surface area contributed by atoms with Crippen LogP contribution in [0.2, 0.25) is 0 Å². The maximum absolute atomic E-state index is 5.39. The van der Waals surface area contributed by atoms with E-state index in [2.05, 4.69) is 16.6 Å². The average molecular weight is 180 g/mol. The highest BCUT2D eigenvalue weighted by molar-refractivity contribution is 7.10. The van der Waals surface area contributed by atoms with Gasteiger partial charge in [-0.25, -0.2) is 0 Å². The average Bonchev–Trinajstić information content (AvgIpc) is 2.23. The van der Waals surface area contributed by atoms with E-state index in [1.807, 2.05) is 30.3 Å². The van der Waals surface area contributed by atoms with Gasteiger partial charge >= 0.3 is 8.07 Å². The third-order valence-electron chi connectivity index (χ3n) is 1.86. The first kappa shape index (κ1) is 9.21. The number of hydrogen-bond donors (Lipinski definition) is 0. The molecule has 1 rings (SSSR count). The molecule has 0 bridgehead atoms. The zero-order chi connectivity index (χ0) is 9.73. The SMILES string of the molecule is C#C[Si](C#C)(C#C)c1ccccc1. The van der Waals surface area contributed by atoms with E-state index < -0.39 is 8.07 Å². The summed E-state index contributed by atoms with van der Waals surface area (Å²) in [6.07, 6.45) is 16.2. The van der Waals surface area contributed by atoms with Gasteiger partial charge in [0.05, 0.1) is 0 Å². The Morgan fingerprint density at radius 2 is 1.31 bits per heavy atom. The molecule has 1 aromatic carbocycles. The Bertz CT molecular complexity index is 373. The van der Waals surface area contributed by atoms with Crippen molar-refractivity contribution >= 4 is 13.3 Å². The maximum atomic E-state index is 5.39. The summed E-state index contributed by atoms with van der Waals surface area (Å²) in [7, 11) is -2.51. The number of hydrogen-bond acceptors (Lipinski definition) is 0. The van der Waals surface area contributed by atoms with Gasteiger partial charge in [0.25, 0.3) is 0 Å². The highest BCUT2D eigenvalue weighted by Gasteiger charge is 2.28. The summed E-state index contributed by atoms with van der Waals surface area (Å²) in [5, 5.41) is 0.933. The van der Waals surface area contributed by atoms with Crippen LogP contribution in [0.15, 0.2) is 30.3 Å². The van der Waals surface area contributed by atoms with Crippen molar-refractivity contribution in [1.29, 1.82) is 0 Å². The van der Waals surface area contributed by atoms with E-state index in [0.717, 1.165) is 5.19 Å². The highest BCUT2D eigenvalue weighted by Crippen LogP contribution is 1.99. The van der Waals surface area contributed by atoms with Crippen molar-refractivity contribution in [2.75, 3.05) is 0 Å². The van der Waals surface area contributed by atoms with Crippen molar-refractivity contribution < 1.29 is 0 Å². The molecule has 0 aromatic heterocycles. The van der Waals surface area contributed by atoms with E-state index in [9.17, 15) is 0 Å². The normalized spacial score (nSPS) is 9.31. The van der Waals surface area contributed by atoms with E-state index in [1.165, 1.54) is 0 Å². The second-order valence-electron chi connectivity index (χ2n) is 2.55. The Kier molecular flexibility index (Phi) is 2.61. The third-order valence-corrected chi connectivity index (χ3v) is 4.35. The molecule has 0 nitrogen and oxygen atoms in total. The van der Waals surface area contributed by atoms with E-state index >= 15 is 0 Å². The van der Waals surface area contributed by atoms with Gasteiger partial charge in [-0.2, -0.15) is 0 Å². The van der Waals surface area contributed by atoms with Crippen LogP contribution >= 0.6 is 0 Å².